The van der Waals surface area contributed by atoms with Gasteiger partial charge in [-0.25, -0.2) is 8.42 Å². The molecule has 0 aliphatic carbocycles. The van der Waals surface area contributed by atoms with E-state index in [4.69, 9.17) is 10.5 Å². The summed E-state index contributed by atoms with van der Waals surface area (Å²) in [4.78, 5) is 16.2. The molecule has 1 aliphatic rings. The molecular formula is C18H20N4O4S. The van der Waals surface area contributed by atoms with Gasteiger partial charge in [0.25, 0.3) is 15.9 Å². The van der Waals surface area contributed by atoms with Crippen LogP contribution in [0.3, 0.4) is 0 Å². The fourth-order valence-electron chi connectivity index (χ4n) is 2.70. The van der Waals surface area contributed by atoms with Gasteiger partial charge < -0.3 is 15.8 Å². The number of carbonyl (C=O) groups excluding carboxylic acids is 1. The highest BCUT2D eigenvalue weighted by molar-refractivity contribution is 7.89. The predicted octanol–water partition coefficient (Wildman–Crippen LogP) is 1.22. The van der Waals surface area contributed by atoms with E-state index >= 15 is 0 Å². The zero-order chi connectivity index (χ0) is 19.7. The number of hydrogen-bond donors (Lipinski definition) is 2. The Morgan fingerprint density at radius 2 is 2.07 bits per heavy atom. The van der Waals surface area contributed by atoms with Crippen LogP contribution in [0.2, 0.25) is 0 Å². The van der Waals surface area contributed by atoms with Crippen LogP contribution in [-0.2, 0) is 15.8 Å². The van der Waals surface area contributed by atoms with Crippen molar-refractivity contribution in [2.75, 3.05) is 6.61 Å². The maximum Gasteiger partial charge on any atom is 0.259 e. The number of aromatic nitrogens is 1. The lowest BCUT2D eigenvalue weighted by Crippen LogP contribution is -2.48. The number of nitrogens with two attached hydrogens (primary N) is 1. The van der Waals surface area contributed by atoms with Gasteiger partial charge in [0.1, 0.15) is 18.2 Å². The first-order chi connectivity index (χ1) is 12.7. The van der Waals surface area contributed by atoms with E-state index in [0.29, 0.717) is 22.4 Å². The van der Waals surface area contributed by atoms with Gasteiger partial charge in [0.15, 0.2) is 0 Å². The number of nitrogens with one attached hydrogen (secondary N) is 1. The van der Waals surface area contributed by atoms with Gasteiger partial charge in [-0.2, -0.15) is 0 Å². The number of nitrogens with zero attached hydrogens (tertiary/aromatic N) is 2. The van der Waals surface area contributed by atoms with Gasteiger partial charge >= 0.3 is 0 Å². The molecule has 3 rings (SSSR count). The summed E-state index contributed by atoms with van der Waals surface area (Å²) in [5.41, 5.74) is 6.60. The van der Waals surface area contributed by atoms with Crippen molar-refractivity contribution in [3.8, 4) is 5.75 Å². The average molecular weight is 388 g/mol. The molecule has 0 saturated heterocycles. The second-order valence-corrected chi connectivity index (χ2v) is 8.50. The molecule has 1 aromatic carbocycles. The normalized spacial score (nSPS) is 15.4. The lowest BCUT2D eigenvalue weighted by atomic mass is 10.0. The highest BCUT2D eigenvalue weighted by Gasteiger charge is 2.27. The molecule has 1 amide bonds. The van der Waals surface area contributed by atoms with E-state index in [1.54, 1.807) is 36.5 Å². The first-order valence-corrected chi connectivity index (χ1v) is 9.83. The third kappa shape index (κ3) is 4.43. The Labute approximate surface area is 157 Å². The number of rotatable bonds is 5. The summed E-state index contributed by atoms with van der Waals surface area (Å²) in [6.07, 6.45) is 3.08. The zero-order valence-corrected chi connectivity index (χ0v) is 15.8. The maximum atomic E-state index is 12.3. The van der Waals surface area contributed by atoms with Gasteiger partial charge in [0.2, 0.25) is 0 Å². The number of ether oxygens (including phenoxy) is 1. The number of amidine groups is 1. The summed E-state index contributed by atoms with van der Waals surface area (Å²) >= 11 is 0. The van der Waals surface area contributed by atoms with Gasteiger partial charge in [-0.3, -0.25) is 9.78 Å². The summed E-state index contributed by atoms with van der Waals surface area (Å²) in [6, 6.07) is 8.42. The summed E-state index contributed by atoms with van der Waals surface area (Å²) in [5.74, 6) is -0.156. The second-order valence-electron chi connectivity index (χ2n) is 6.86. The van der Waals surface area contributed by atoms with Crippen molar-refractivity contribution in [3.05, 3.63) is 59.4 Å². The van der Waals surface area contributed by atoms with Gasteiger partial charge in [0, 0.05) is 12.4 Å². The fourth-order valence-corrected chi connectivity index (χ4v) is 3.79. The highest BCUT2D eigenvalue weighted by atomic mass is 32.2. The molecule has 142 valence electrons. The molecule has 2 aromatic rings. The van der Waals surface area contributed by atoms with Crippen LogP contribution in [0, 0.1) is 0 Å². The maximum absolute atomic E-state index is 12.3. The Bertz CT molecular complexity index is 1000. The van der Waals surface area contributed by atoms with Crippen molar-refractivity contribution < 1.29 is 17.9 Å². The van der Waals surface area contributed by atoms with Gasteiger partial charge in [-0.05, 0) is 37.6 Å². The molecule has 9 heteroatoms. The molecule has 0 radical (unpaired) electrons. The monoisotopic (exact) mass is 388 g/mol. The van der Waals surface area contributed by atoms with Crippen molar-refractivity contribution in [2.24, 2.45) is 10.1 Å². The van der Waals surface area contributed by atoms with Gasteiger partial charge in [0.05, 0.1) is 22.4 Å². The highest BCUT2D eigenvalue weighted by Crippen LogP contribution is 2.28. The molecule has 0 fully saturated rings. The van der Waals surface area contributed by atoms with Crippen LogP contribution in [0.4, 0.5) is 0 Å². The quantitative estimate of drug-likeness (QED) is 0.794. The number of pyridine rings is 1. The van der Waals surface area contributed by atoms with Crippen molar-refractivity contribution in [1.29, 1.82) is 0 Å². The Morgan fingerprint density at radius 1 is 1.30 bits per heavy atom. The topological polar surface area (TPSA) is 124 Å². The Kier molecular flexibility index (Phi) is 4.88. The Morgan fingerprint density at radius 3 is 2.78 bits per heavy atom. The number of benzene rings is 1. The van der Waals surface area contributed by atoms with Crippen LogP contribution >= 0.6 is 0 Å². The van der Waals surface area contributed by atoms with Crippen LogP contribution in [0.5, 0.6) is 5.75 Å². The molecule has 8 nitrogen and oxygen atoms in total. The Balaban J connectivity index is 1.75. The van der Waals surface area contributed by atoms with E-state index in [-0.39, 0.29) is 24.1 Å². The summed E-state index contributed by atoms with van der Waals surface area (Å²) in [5, 5.41) is 2.89. The van der Waals surface area contributed by atoms with E-state index < -0.39 is 15.6 Å². The van der Waals surface area contributed by atoms with Gasteiger partial charge in [-0.1, -0.05) is 12.1 Å². The number of sulfonamides is 1. The molecule has 0 bridgehead atoms. The van der Waals surface area contributed by atoms with Crippen LogP contribution < -0.4 is 15.8 Å². The van der Waals surface area contributed by atoms with Gasteiger partial charge in [-0.15, -0.1) is 4.40 Å². The van der Waals surface area contributed by atoms with Crippen LogP contribution in [0.25, 0.3) is 0 Å². The first-order valence-electron chi connectivity index (χ1n) is 8.23. The zero-order valence-electron chi connectivity index (χ0n) is 15.0. The molecule has 0 saturated carbocycles. The van der Waals surface area contributed by atoms with E-state index in [1.165, 1.54) is 6.20 Å². The van der Waals surface area contributed by atoms with Crippen LogP contribution in [0.15, 0.2) is 47.1 Å². The smallest absolute Gasteiger partial charge is 0.259 e. The predicted molar refractivity (Wildman–Crippen MR) is 101 cm³/mol. The molecule has 0 spiro atoms. The van der Waals surface area contributed by atoms with Crippen molar-refractivity contribution in [1.82, 2.24) is 10.3 Å². The first kappa shape index (κ1) is 18.8. The molecule has 1 aliphatic heterocycles. The summed E-state index contributed by atoms with van der Waals surface area (Å²) in [6.45, 7) is 3.78. The minimum atomic E-state index is -3.61. The lowest BCUT2D eigenvalue weighted by molar-refractivity contribution is 0.0880. The molecule has 2 heterocycles. The lowest BCUT2D eigenvalue weighted by Gasteiger charge is -2.27. The molecule has 3 N–H and O–H groups in total. The molecular weight excluding hydrogens is 368 g/mol. The van der Waals surface area contributed by atoms with Crippen molar-refractivity contribution in [2.45, 2.75) is 25.1 Å². The largest absolute Gasteiger partial charge is 0.490 e. The average Bonchev–Trinajstić information content (AvgIpc) is 2.59. The van der Waals surface area contributed by atoms with Crippen molar-refractivity contribution in [3.63, 3.8) is 0 Å². The number of hydrogen-bond acceptors (Lipinski definition) is 6. The molecule has 0 atom stereocenters. The van der Waals surface area contributed by atoms with E-state index in [1.807, 2.05) is 13.8 Å². The minimum Gasteiger partial charge on any atom is -0.490 e. The third-order valence-electron chi connectivity index (χ3n) is 3.91. The van der Waals surface area contributed by atoms with E-state index in [9.17, 15) is 13.2 Å². The summed E-state index contributed by atoms with van der Waals surface area (Å²) < 4.78 is 32.9. The SMILES string of the molecule is CC(C)(COc1cccc2c1C(N)=NS(=O)(=O)C2)NC(=O)c1cccnc1. The molecule has 27 heavy (non-hydrogen) atoms. The van der Waals surface area contributed by atoms with E-state index in [0.717, 1.165) is 0 Å². The second kappa shape index (κ2) is 6.99. The molecule has 1 aromatic heterocycles. The summed E-state index contributed by atoms with van der Waals surface area (Å²) in [7, 11) is -3.61. The number of amides is 1. The van der Waals surface area contributed by atoms with Crippen LogP contribution in [-0.4, -0.2) is 37.3 Å². The van der Waals surface area contributed by atoms with Crippen molar-refractivity contribution >= 4 is 21.8 Å². The standard InChI is InChI=1S/C18H20N4O4S/c1-18(2,21-17(23)12-6-4-8-20-9-12)11-26-14-7-3-5-13-10-27(24,25)22-16(19)15(13)14/h3-9H,10-11H2,1-2H3,(H2,19,22)(H,21,23). The Hall–Kier alpha value is -2.94. The van der Waals surface area contributed by atoms with E-state index in [2.05, 4.69) is 14.7 Å². The number of carbonyl (C=O) groups is 1. The minimum absolute atomic E-state index is 0.0935. The fraction of sp³-hybridized carbons (Fsp3) is 0.278. The number of fused-ring (bicyclic) bond motifs is 1. The van der Waals surface area contributed by atoms with Crippen LogP contribution in [0.1, 0.15) is 35.3 Å². The molecule has 0 unspecified atom stereocenters. The third-order valence-corrected chi connectivity index (χ3v) is 5.06.